The molecule has 0 unspecified atom stereocenters. The monoisotopic (exact) mass is 345 g/mol. The molecule has 1 atom stereocenters. The zero-order chi connectivity index (χ0) is 15.1. The second kappa shape index (κ2) is 7.99. The van der Waals surface area contributed by atoms with Crippen molar-refractivity contribution in [3.05, 3.63) is 70.2 Å². The second-order valence-electron chi connectivity index (χ2n) is 5.06. The van der Waals surface area contributed by atoms with Crippen molar-refractivity contribution in [3.8, 4) is 0 Å². The minimum absolute atomic E-state index is 0.0348. The van der Waals surface area contributed by atoms with Crippen molar-refractivity contribution in [2.24, 2.45) is 0 Å². The van der Waals surface area contributed by atoms with Gasteiger partial charge in [-0.3, -0.25) is 4.79 Å². The van der Waals surface area contributed by atoms with E-state index >= 15 is 0 Å². The van der Waals surface area contributed by atoms with Crippen LogP contribution in [-0.2, 0) is 0 Å². The van der Waals surface area contributed by atoms with Crippen LogP contribution in [0.3, 0.4) is 0 Å². The molecule has 1 amide bonds. The molecule has 0 saturated carbocycles. The number of benzene rings is 2. The Hall–Kier alpha value is -1.61. The molecule has 2 aromatic rings. The van der Waals surface area contributed by atoms with E-state index in [4.69, 9.17) is 0 Å². The summed E-state index contributed by atoms with van der Waals surface area (Å²) in [7, 11) is 0. The summed E-state index contributed by atoms with van der Waals surface area (Å²) in [4.78, 5) is 12.5. The molecule has 3 heteroatoms. The predicted molar refractivity (Wildman–Crippen MR) is 90.3 cm³/mol. The SMILES string of the molecule is CCCC[C@@H](NC(=O)c1ccccc1Br)c1ccccc1. The second-order valence-corrected chi connectivity index (χ2v) is 5.91. The van der Waals surface area contributed by atoms with Gasteiger partial charge < -0.3 is 5.32 Å². The van der Waals surface area contributed by atoms with E-state index in [1.165, 1.54) is 0 Å². The molecule has 2 aromatic carbocycles. The quantitative estimate of drug-likeness (QED) is 0.774. The maximum absolute atomic E-state index is 12.5. The lowest BCUT2D eigenvalue weighted by atomic mass is 10.0. The van der Waals surface area contributed by atoms with Crippen molar-refractivity contribution in [1.29, 1.82) is 0 Å². The average Bonchev–Trinajstić information content (AvgIpc) is 2.52. The van der Waals surface area contributed by atoms with Gasteiger partial charge in [0.15, 0.2) is 0 Å². The molecule has 110 valence electrons. The van der Waals surface area contributed by atoms with Crippen LogP contribution in [0, 0.1) is 0 Å². The Morgan fingerprint density at radius 3 is 2.43 bits per heavy atom. The smallest absolute Gasteiger partial charge is 0.252 e. The molecule has 0 bridgehead atoms. The van der Waals surface area contributed by atoms with Gasteiger partial charge in [0.05, 0.1) is 11.6 Å². The molecule has 0 radical (unpaired) electrons. The highest BCUT2D eigenvalue weighted by Gasteiger charge is 2.16. The van der Waals surface area contributed by atoms with E-state index in [1.54, 1.807) is 0 Å². The number of amides is 1. The summed E-state index contributed by atoms with van der Waals surface area (Å²) < 4.78 is 0.824. The lowest BCUT2D eigenvalue weighted by Gasteiger charge is -2.19. The lowest BCUT2D eigenvalue weighted by molar-refractivity contribution is 0.0933. The van der Waals surface area contributed by atoms with Crippen molar-refractivity contribution in [1.82, 2.24) is 5.32 Å². The Morgan fingerprint density at radius 2 is 1.76 bits per heavy atom. The van der Waals surface area contributed by atoms with Crippen LogP contribution in [0.15, 0.2) is 59.1 Å². The molecule has 0 aliphatic heterocycles. The largest absolute Gasteiger partial charge is 0.345 e. The molecule has 0 heterocycles. The molecule has 0 aliphatic rings. The van der Waals surface area contributed by atoms with Gasteiger partial charge >= 0.3 is 0 Å². The number of rotatable bonds is 6. The zero-order valence-corrected chi connectivity index (χ0v) is 13.8. The van der Waals surface area contributed by atoms with Gasteiger partial charge in [-0.05, 0) is 40.0 Å². The van der Waals surface area contributed by atoms with Crippen LogP contribution in [0.1, 0.15) is 48.1 Å². The third kappa shape index (κ3) is 4.43. The number of hydrogen-bond donors (Lipinski definition) is 1. The van der Waals surface area contributed by atoms with Gasteiger partial charge in [-0.25, -0.2) is 0 Å². The molecule has 1 N–H and O–H groups in total. The molecular weight excluding hydrogens is 326 g/mol. The van der Waals surface area contributed by atoms with Gasteiger partial charge in [-0.1, -0.05) is 62.2 Å². The fourth-order valence-corrected chi connectivity index (χ4v) is 2.76. The summed E-state index contributed by atoms with van der Waals surface area (Å²) in [5.41, 5.74) is 1.83. The van der Waals surface area contributed by atoms with E-state index in [0.717, 1.165) is 29.3 Å². The van der Waals surface area contributed by atoms with Gasteiger partial charge in [0.25, 0.3) is 5.91 Å². The number of nitrogens with one attached hydrogen (secondary N) is 1. The molecule has 0 fully saturated rings. The van der Waals surface area contributed by atoms with Crippen LogP contribution < -0.4 is 5.32 Å². The molecule has 21 heavy (non-hydrogen) atoms. The van der Waals surface area contributed by atoms with Gasteiger partial charge in [-0.2, -0.15) is 0 Å². The Morgan fingerprint density at radius 1 is 1.10 bits per heavy atom. The zero-order valence-electron chi connectivity index (χ0n) is 12.2. The van der Waals surface area contributed by atoms with Gasteiger partial charge in [0.1, 0.15) is 0 Å². The Balaban J connectivity index is 2.15. The number of hydrogen-bond acceptors (Lipinski definition) is 1. The Labute approximate surface area is 134 Å². The van der Waals surface area contributed by atoms with Crippen molar-refractivity contribution in [2.45, 2.75) is 32.2 Å². The summed E-state index contributed by atoms with van der Waals surface area (Å²) in [6, 6.07) is 17.7. The summed E-state index contributed by atoms with van der Waals surface area (Å²) in [6.07, 6.45) is 3.17. The highest BCUT2D eigenvalue weighted by molar-refractivity contribution is 9.10. The van der Waals surface area contributed by atoms with Gasteiger partial charge in [0.2, 0.25) is 0 Å². The maximum atomic E-state index is 12.5. The molecule has 0 saturated heterocycles. The van der Waals surface area contributed by atoms with Crippen LogP contribution in [0.25, 0.3) is 0 Å². The number of unbranched alkanes of at least 4 members (excludes halogenated alkanes) is 1. The first kappa shape index (κ1) is 15.8. The fraction of sp³-hybridized carbons (Fsp3) is 0.278. The third-order valence-electron chi connectivity index (χ3n) is 3.47. The fourth-order valence-electron chi connectivity index (χ4n) is 2.30. The molecule has 2 rings (SSSR count). The average molecular weight is 346 g/mol. The van der Waals surface area contributed by atoms with Crippen LogP contribution >= 0.6 is 15.9 Å². The Kier molecular flexibility index (Phi) is 6.00. The summed E-state index contributed by atoms with van der Waals surface area (Å²) in [5, 5.41) is 3.16. The van der Waals surface area contributed by atoms with Gasteiger partial charge in [0, 0.05) is 4.47 Å². The number of carbonyl (C=O) groups excluding carboxylic acids is 1. The standard InChI is InChI=1S/C18H20BrNO/c1-2-3-13-17(14-9-5-4-6-10-14)20-18(21)15-11-7-8-12-16(15)19/h4-12,17H,2-3,13H2,1H3,(H,20,21)/t17-/m1/s1. The van der Waals surface area contributed by atoms with E-state index in [9.17, 15) is 4.79 Å². The molecule has 0 aliphatic carbocycles. The first-order valence-corrected chi connectivity index (χ1v) is 8.12. The minimum Gasteiger partial charge on any atom is -0.345 e. The summed E-state index contributed by atoms with van der Waals surface area (Å²) in [6.45, 7) is 2.16. The molecule has 2 nitrogen and oxygen atoms in total. The van der Waals surface area contributed by atoms with E-state index < -0.39 is 0 Å². The van der Waals surface area contributed by atoms with Crippen molar-refractivity contribution in [2.75, 3.05) is 0 Å². The molecule has 0 spiro atoms. The first-order chi connectivity index (χ1) is 10.2. The number of halogens is 1. The molecular formula is C18H20BrNO. The molecule has 0 aromatic heterocycles. The van der Waals surface area contributed by atoms with Crippen LogP contribution in [0.5, 0.6) is 0 Å². The van der Waals surface area contributed by atoms with Crippen LogP contribution in [0.4, 0.5) is 0 Å². The van der Waals surface area contributed by atoms with Crippen molar-refractivity contribution in [3.63, 3.8) is 0 Å². The highest BCUT2D eigenvalue weighted by Crippen LogP contribution is 2.22. The van der Waals surface area contributed by atoms with E-state index in [-0.39, 0.29) is 11.9 Å². The lowest BCUT2D eigenvalue weighted by Crippen LogP contribution is -2.28. The normalized spacial score (nSPS) is 11.9. The maximum Gasteiger partial charge on any atom is 0.252 e. The summed E-state index contributed by atoms with van der Waals surface area (Å²) >= 11 is 3.43. The highest BCUT2D eigenvalue weighted by atomic mass is 79.9. The topological polar surface area (TPSA) is 29.1 Å². The van der Waals surface area contributed by atoms with Crippen LogP contribution in [0.2, 0.25) is 0 Å². The van der Waals surface area contributed by atoms with Crippen molar-refractivity contribution < 1.29 is 4.79 Å². The minimum atomic E-state index is -0.0348. The number of carbonyl (C=O) groups is 1. The Bertz CT molecular complexity index is 583. The summed E-state index contributed by atoms with van der Waals surface area (Å²) in [5.74, 6) is -0.0348. The third-order valence-corrected chi connectivity index (χ3v) is 4.16. The van der Waals surface area contributed by atoms with E-state index in [2.05, 4.69) is 40.3 Å². The van der Waals surface area contributed by atoms with Crippen molar-refractivity contribution >= 4 is 21.8 Å². The van der Waals surface area contributed by atoms with Gasteiger partial charge in [-0.15, -0.1) is 0 Å². The van der Waals surface area contributed by atoms with Crippen LogP contribution in [-0.4, -0.2) is 5.91 Å². The predicted octanol–water partition coefficient (Wildman–Crippen LogP) is 5.11. The first-order valence-electron chi connectivity index (χ1n) is 7.32. The van der Waals surface area contributed by atoms with E-state index in [0.29, 0.717) is 5.56 Å². The van der Waals surface area contributed by atoms with E-state index in [1.807, 2.05) is 42.5 Å².